The number of hydrogen-bond donors (Lipinski definition) is 1. The lowest BCUT2D eigenvalue weighted by molar-refractivity contribution is -0.115. The average Bonchev–Trinajstić information content (AvgIpc) is 3.22. The van der Waals surface area contributed by atoms with Gasteiger partial charge in [-0.1, -0.05) is 48.5 Å². The highest BCUT2D eigenvalue weighted by Gasteiger charge is 2.23. The summed E-state index contributed by atoms with van der Waals surface area (Å²) in [5, 5.41) is 12.1. The maximum absolute atomic E-state index is 12.9. The molecule has 0 saturated carbocycles. The van der Waals surface area contributed by atoms with E-state index in [1.807, 2.05) is 37.3 Å². The lowest BCUT2D eigenvalue weighted by Crippen LogP contribution is -2.30. The third-order valence-electron chi connectivity index (χ3n) is 5.72. The summed E-state index contributed by atoms with van der Waals surface area (Å²) in [6, 6.07) is 17.0. The van der Waals surface area contributed by atoms with Crippen molar-refractivity contribution in [2.75, 3.05) is 18.4 Å². The molecule has 2 heterocycles. The number of para-hydroxylation sites is 1. The quantitative estimate of drug-likeness (QED) is 0.389. The van der Waals surface area contributed by atoms with Gasteiger partial charge >= 0.3 is 0 Å². The summed E-state index contributed by atoms with van der Waals surface area (Å²) in [6.45, 7) is 6.24. The number of Topliss-reactive ketones (excluding diaryl/α,β-unsaturated/α-hetero) is 1. The van der Waals surface area contributed by atoms with Crippen LogP contribution in [0.4, 0.5) is 5.69 Å². The molecule has 1 aliphatic heterocycles. The lowest BCUT2D eigenvalue weighted by atomic mass is 10.1. The Hall–Kier alpha value is -2.97. The van der Waals surface area contributed by atoms with E-state index >= 15 is 0 Å². The van der Waals surface area contributed by atoms with Gasteiger partial charge in [0.05, 0.1) is 11.8 Å². The number of anilines is 1. The van der Waals surface area contributed by atoms with Crippen LogP contribution in [0.1, 0.15) is 49.3 Å². The van der Waals surface area contributed by atoms with Crippen molar-refractivity contribution < 1.29 is 9.59 Å². The summed E-state index contributed by atoms with van der Waals surface area (Å²) in [7, 11) is 0. The molecular weight excluding hydrogens is 434 g/mol. The normalized spacial score (nSPS) is 15.2. The number of piperidine rings is 1. The third kappa shape index (κ3) is 5.89. The van der Waals surface area contributed by atoms with E-state index in [2.05, 4.69) is 25.0 Å². The molecule has 1 fully saturated rings. The van der Waals surface area contributed by atoms with Gasteiger partial charge in [0, 0.05) is 16.9 Å². The van der Waals surface area contributed by atoms with Gasteiger partial charge in [0.15, 0.2) is 16.8 Å². The molecule has 0 aliphatic carbocycles. The molecule has 3 aromatic rings. The number of carbonyl (C=O) groups is 2. The number of likely N-dealkylation sites (tertiary alicyclic amines) is 1. The van der Waals surface area contributed by atoms with Gasteiger partial charge in [0.2, 0.25) is 5.91 Å². The summed E-state index contributed by atoms with van der Waals surface area (Å²) in [5.41, 5.74) is 2.16. The zero-order valence-corrected chi connectivity index (χ0v) is 19.8. The minimum absolute atomic E-state index is 0.0364. The first-order valence-corrected chi connectivity index (χ1v) is 12.2. The van der Waals surface area contributed by atoms with Crippen molar-refractivity contribution in [1.82, 2.24) is 19.7 Å². The Balaban J connectivity index is 1.52. The summed E-state index contributed by atoms with van der Waals surface area (Å²) in [5.74, 6) is 0.694. The molecular formula is C25H29N5O2S. The Kier molecular flexibility index (Phi) is 7.57. The molecule has 172 valence electrons. The summed E-state index contributed by atoms with van der Waals surface area (Å²) in [4.78, 5) is 26.9. The predicted molar refractivity (Wildman–Crippen MR) is 131 cm³/mol. The molecule has 1 atom stereocenters. The standard InChI is InChI=1S/C25H29N5O2S/c1-18(31)20-10-9-11-21(16-20)26-24(32)19(2)33-25-28-27-23(17-29-14-7-4-8-15-29)30(25)22-12-5-3-6-13-22/h3,5-6,9-13,16,19H,4,7-8,14-15,17H2,1-2H3,(H,26,32). The zero-order valence-electron chi connectivity index (χ0n) is 19.0. The highest BCUT2D eigenvalue weighted by atomic mass is 32.2. The maximum atomic E-state index is 12.9. The second-order valence-electron chi connectivity index (χ2n) is 8.29. The minimum Gasteiger partial charge on any atom is -0.325 e. The molecule has 33 heavy (non-hydrogen) atoms. The molecule has 0 spiro atoms. The van der Waals surface area contributed by atoms with E-state index in [1.54, 1.807) is 24.3 Å². The molecule has 1 saturated heterocycles. The molecule has 0 bridgehead atoms. The zero-order chi connectivity index (χ0) is 23.2. The second kappa shape index (κ2) is 10.8. The van der Waals surface area contributed by atoms with Crippen LogP contribution in [0.5, 0.6) is 0 Å². The highest BCUT2D eigenvalue weighted by molar-refractivity contribution is 8.00. The molecule has 1 N–H and O–H groups in total. The molecule has 4 rings (SSSR count). The Morgan fingerprint density at radius 1 is 1.03 bits per heavy atom. The molecule has 1 unspecified atom stereocenters. The van der Waals surface area contributed by atoms with Crippen LogP contribution in [0, 0.1) is 0 Å². The van der Waals surface area contributed by atoms with E-state index in [9.17, 15) is 9.59 Å². The predicted octanol–water partition coefficient (Wildman–Crippen LogP) is 4.58. The number of nitrogens with one attached hydrogen (secondary N) is 1. The first kappa shape index (κ1) is 23.2. The van der Waals surface area contributed by atoms with Gasteiger partial charge < -0.3 is 5.32 Å². The lowest BCUT2D eigenvalue weighted by Gasteiger charge is -2.26. The molecule has 7 nitrogen and oxygen atoms in total. The van der Waals surface area contributed by atoms with Gasteiger partial charge in [0.1, 0.15) is 0 Å². The van der Waals surface area contributed by atoms with Crippen molar-refractivity contribution in [3.63, 3.8) is 0 Å². The van der Waals surface area contributed by atoms with Gasteiger partial charge in [-0.3, -0.25) is 19.1 Å². The Labute approximate surface area is 198 Å². The minimum atomic E-state index is -0.402. The topological polar surface area (TPSA) is 80.1 Å². The summed E-state index contributed by atoms with van der Waals surface area (Å²) >= 11 is 1.38. The Morgan fingerprint density at radius 2 is 1.79 bits per heavy atom. The van der Waals surface area contributed by atoms with Crippen molar-refractivity contribution in [1.29, 1.82) is 0 Å². The van der Waals surface area contributed by atoms with Gasteiger partial charge in [-0.15, -0.1) is 10.2 Å². The number of carbonyl (C=O) groups excluding carboxylic acids is 2. The largest absolute Gasteiger partial charge is 0.325 e. The summed E-state index contributed by atoms with van der Waals surface area (Å²) < 4.78 is 2.05. The fourth-order valence-electron chi connectivity index (χ4n) is 3.90. The van der Waals surface area contributed by atoms with Crippen LogP contribution in [0.25, 0.3) is 5.69 Å². The molecule has 0 radical (unpaired) electrons. The van der Waals surface area contributed by atoms with E-state index in [-0.39, 0.29) is 11.7 Å². The van der Waals surface area contributed by atoms with Crippen molar-refractivity contribution in [3.8, 4) is 5.69 Å². The van der Waals surface area contributed by atoms with Gasteiger partial charge in [0.25, 0.3) is 0 Å². The maximum Gasteiger partial charge on any atom is 0.237 e. The number of nitrogens with zero attached hydrogens (tertiary/aromatic N) is 4. The Bertz CT molecular complexity index is 1110. The molecule has 1 aromatic heterocycles. The van der Waals surface area contributed by atoms with Gasteiger partial charge in [-0.05, 0) is 64.0 Å². The highest BCUT2D eigenvalue weighted by Crippen LogP contribution is 2.27. The van der Waals surface area contributed by atoms with E-state index < -0.39 is 5.25 Å². The first-order valence-electron chi connectivity index (χ1n) is 11.3. The fourth-order valence-corrected chi connectivity index (χ4v) is 4.79. The average molecular weight is 464 g/mol. The van der Waals surface area contributed by atoms with Crippen LogP contribution in [0.15, 0.2) is 59.8 Å². The number of rotatable bonds is 8. The van der Waals surface area contributed by atoms with Crippen LogP contribution in [0.2, 0.25) is 0 Å². The van der Waals surface area contributed by atoms with Crippen molar-refractivity contribution in [2.45, 2.75) is 50.1 Å². The number of amides is 1. The van der Waals surface area contributed by atoms with Crippen molar-refractivity contribution in [2.24, 2.45) is 0 Å². The first-order chi connectivity index (χ1) is 16.0. The van der Waals surface area contributed by atoms with Crippen LogP contribution in [0.3, 0.4) is 0 Å². The second-order valence-corrected chi connectivity index (χ2v) is 9.60. The van der Waals surface area contributed by atoms with E-state index in [1.165, 1.54) is 37.9 Å². The van der Waals surface area contributed by atoms with Crippen LogP contribution in [-0.2, 0) is 11.3 Å². The number of ketones is 1. The number of aromatic nitrogens is 3. The van der Waals surface area contributed by atoms with E-state index in [0.29, 0.717) is 16.4 Å². The monoisotopic (exact) mass is 463 g/mol. The fraction of sp³-hybridized carbons (Fsp3) is 0.360. The number of benzene rings is 2. The molecule has 8 heteroatoms. The van der Waals surface area contributed by atoms with Crippen LogP contribution >= 0.6 is 11.8 Å². The SMILES string of the molecule is CC(=O)c1cccc(NC(=O)C(C)Sc2nnc(CN3CCCCC3)n2-c2ccccc2)c1. The van der Waals surface area contributed by atoms with Gasteiger partial charge in [-0.2, -0.15) is 0 Å². The number of thioether (sulfide) groups is 1. The number of hydrogen-bond acceptors (Lipinski definition) is 6. The molecule has 2 aromatic carbocycles. The van der Waals surface area contributed by atoms with E-state index in [4.69, 9.17) is 0 Å². The van der Waals surface area contributed by atoms with E-state index in [0.717, 1.165) is 31.1 Å². The van der Waals surface area contributed by atoms with Crippen LogP contribution < -0.4 is 5.32 Å². The summed E-state index contributed by atoms with van der Waals surface area (Å²) in [6.07, 6.45) is 3.71. The smallest absolute Gasteiger partial charge is 0.237 e. The Morgan fingerprint density at radius 3 is 2.52 bits per heavy atom. The third-order valence-corrected chi connectivity index (χ3v) is 6.76. The molecule has 1 amide bonds. The van der Waals surface area contributed by atoms with Crippen molar-refractivity contribution >= 4 is 29.1 Å². The molecule has 1 aliphatic rings. The van der Waals surface area contributed by atoms with Gasteiger partial charge in [-0.25, -0.2) is 0 Å². The van der Waals surface area contributed by atoms with Crippen molar-refractivity contribution in [3.05, 3.63) is 66.0 Å². The van der Waals surface area contributed by atoms with Crippen LogP contribution in [-0.4, -0.2) is 49.7 Å².